The van der Waals surface area contributed by atoms with Crippen molar-refractivity contribution < 1.29 is 4.42 Å². The van der Waals surface area contributed by atoms with Crippen molar-refractivity contribution in [2.75, 3.05) is 31.1 Å². The molecular weight excluding hydrogens is 350 g/mol. The molecule has 3 heterocycles. The maximum Gasteiger partial charge on any atom is 0.191 e. The third-order valence-corrected chi connectivity index (χ3v) is 4.91. The van der Waals surface area contributed by atoms with Gasteiger partial charge in [0, 0.05) is 44.8 Å². The molecule has 152 valence electrons. The maximum atomic E-state index is 5.41. The highest BCUT2D eigenvalue weighted by atomic mass is 16.3. The number of nitrogens with zero attached hydrogens (tertiary/aromatic N) is 3. The van der Waals surface area contributed by atoms with Gasteiger partial charge in [-0.1, -0.05) is 19.9 Å². The Morgan fingerprint density at radius 2 is 2.11 bits per heavy atom. The van der Waals surface area contributed by atoms with E-state index in [-0.39, 0.29) is 0 Å². The van der Waals surface area contributed by atoms with Crippen molar-refractivity contribution in [3.8, 4) is 0 Å². The Bertz CT molecular complexity index is 716. The van der Waals surface area contributed by atoms with Gasteiger partial charge >= 0.3 is 0 Å². The minimum absolute atomic E-state index is 0.434. The number of piperidine rings is 1. The Kier molecular flexibility index (Phi) is 7.34. The second-order valence-electron chi connectivity index (χ2n) is 7.94. The molecule has 3 rings (SSSR count). The van der Waals surface area contributed by atoms with Crippen LogP contribution in [0.15, 0.2) is 46.1 Å². The Hall–Kier alpha value is -2.50. The predicted molar refractivity (Wildman–Crippen MR) is 115 cm³/mol. The molecule has 0 aliphatic carbocycles. The Morgan fingerprint density at radius 1 is 1.29 bits per heavy atom. The quantitative estimate of drug-likeness (QED) is 0.567. The summed E-state index contributed by atoms with van der Waals surface area (Å²) < 4.78 is 5.41. The number of rotatable bonds is 7. The van der Waals surface area contributed by atoms with E-state index in [1.54, 1.807) is 6.26 Å². The standard InChI is InChI=1S/C22H33N5O/c1-17(2)15-25-22(23-11-8-20-5-4-14-28-20)26-19-9-12-27(13-10-19)21-7-6-18(3)16-24-21/h4-7,14,16-17,19H,8-13,15H2,1-3H3,(H2,23,25,26). The lowest BCUT2D eigenvalue weighted by atomic mass is 10.1. The van der Waals surface area contributed by atoms with Gasteiger partial charge in [0.05, 0.1) is 6.26 Å². The summed E-state index contributed by atoms with van der Waals surface area (Å²) in [6, 6.07) is 8.62. The zero-order valence-corrected chi connectivity index (χ0v) is 17.3. The highest BCUT2D eigenvalue weighted by molar-refractivity contribution is 5.80. The van der Waals surface area contributed by atoms with Gasteiger partial charge in [0.1, 0.15) is 11.6 Å². The summed E-state index contributed by atoms with van der Waals surface area (Å²) >= 11 is 0. The van der Waals surface area contributed by atoms with Crippen molar-refractivity contribution >= 4 is 11.8 Å². The van der Waals surface area contributed by atoms with Crippen LogP contribution in [0.3, 0.4) is 0 Å². The molecular formula is C22H33N5O. The summed E-state index contributed by atoms with van der Waals surface area (Å²) in [5, 5.41) is 7.10. The van der Waals surface area contributed by atoms with Crippen LogP contribution in [0.4, 0.5) is 5.82 Å². The summed E-state index contributed by atoms with van der Waals surface area (Å²) in [7, 11) is 0. The lowest BCUT2D eigenvalue weighted by molar-refractivity contribution is 0.457. The third kappa shape index (κ3) is 6.29. The van der Waals surface area contributed by atoms with Crippen molar-refractivity contribution in [1.29, 1.82) is 0 Å². The number of furan rings is 1. The van der Waals surface area contributed by atoms with Gasteiger partial charge in [-0.2, -0.15) is 0 Å². The van der Waals surface area contributed by atoms with E-state index in [2.05, 4.69) is 53.4 Å². The van der Waals surface area contributed by atoms with Crippen molar-refractivity contribution in [2.45, 2.75) is 46.1 Å². The first-order valence-corrected chi connectivity index (χ1v) is 10.3. The number of hydrogen-bond donors (Lipinski definition) is 2. The van der Waals surface area contributed by atoms with E-state index in [0.717, 1.165) is 63.0 Å². The first kappa shape index (κ1) is 20.2. The summed E-state index contributed by atoms with van der Waals surface area (Å²) in [6.07, 6.45) is 6.68. The maximum absolute atomic E-state index is 5.41. The molecule has 2 aromatic rings. The van der Waals surface area contributed by atoms with Crippen LogP contribution in [0, 0.1) is 12.8 Å². The van der Waals surface area contributed by atoms with E-state index in [1.165, 1.54) is 5.56 Å². The van der Waals surface area contributed by atoms with E-state index < -0.39 is 0 Å². The molecule has 2 aromatic heterocycles. The number of hydrogen-bond acceptors (Lipinski definition) is 4. The zero-order chi connectivity index (χ0) is 19.8. The molecule has 0 spiro atoms. The molecule has 1 saturated heterocycles. The molecule has 6 heteroatoms. The lowest BCUT2D eigenvalue weighted by Gasteiger charge is -2.34. The minimum Gasteiger partial charge on any atom is -0.469 e. The Balaban J connectivity index is 1.49. The largest absolute Gasteiger partial charge is 0.469 e. The smallest absolute Gasteiger partial charge is 0.191 e. The van der Waals surface area contributed by atoms with Crippen LogP contribution in [-0.4, -0.2) is 43.2 Å². The summed E-state index contributed by atoms with van der Waals surface area (Å²) in [5.41, 5.74) is 1.20. The van der Waals surface area contributed by atoms with Crippen LogP contribution >= 0.6 is 0 Å². The monoisotopic (exact) mass is 383 g/mol. The minimum atomic E-state index is 0.434. The molecule has 0 bridgehead atoms. The average Bonchev–Trinajstić information content (AvgIpc) is 3.21. The van der Waals surface area contributed by atoms with E-state index >= 15 is 0 Å². The van der Waals surface area contributed by atoms with Crippen LogP contribution in [0.2, 0.25) is 0 Å². The second-order valence-corrected chi connectivity index (χ2v) is 7.94. The van der Waals surface area contributed by atoms with Crippen LogP contribution in [-0.2, 0) is 6.42 Å². The second kappa shape index (κ2) is 10.2. The van der Waals surface area contributed by atoms with Gasteiger partial charge in [-0.3, -0.25) is 4.99 Å². The SMILES string of the molecule is Cc1ccc(N2CCC(NC(=NCC(C)C)NCCc3ccco3)CC2)nc1. The van der Waals surface area contributed by atoms with Gasteiger partial charge in [-0.15, -0.1) is 0 Å². The van der Waals surface area contributed by atoms with Crippen molar-refractivity contribution in [3.63, 3.8) is 0 Å². The first-order valence-electron chi connectivity index (χ1n) is 10.3. The molecule has 0 saturated carbocycles. The molecule has 1 aliphatic heterocycles. The van der Waals surface area contributed by atoms with E-state index in [0.29, 0.717) is 12.0 Å². The molecule has 28 heavy (non-hydrogen) atoms. The van der Waals surface area contributed by atoms with Crippen LogP contribution in [0.5, 0.6) is 0 Å². The molecule has 2 N–H and O–H groups in total. The molecule has 6 nitrogen and oxygen atoms in total. The Labute approximate surface area is 168 Å². The molecule has 1 aliphatic rings. The Morgan fingerprint density at radius 3 is 2.75 bits per heavy atom. The first-order chi connectivity index (χ1) is 13.6. The van der Waals surface area contributed by atoms with E-state index in [1.807, 2.05) is 18.3 Å². The number of aryl methyl sites for hydroxylation is 1. The summed E-state index contributed by atoms with van der Waals surface area (Å²) in [4.78, 5) is 11.7. The topological polar surface area (TPSA) is 65.7 Å². The van der Waals surface area contributed by atoms with Gasteiger partial charge < -0.3 is 20.0 Å². The normalized spacial score (nSPS) is 15.9. The zero-order valence-electron chi connectivity index (χ0n) is 17.3. The fraction of sp³-hybridized carbons (Fsp3) is 0.545. The van der Waals surface area contributed by atoms with Gasteiger partial charge in [0.15, 0.2) is 5.96 Å². The van der Waals surface area contributed by atoms with Crippen molar-refractivity contribution in [3.05, 3.63) is 48.0 Å². The van der Waals surface area contributed by atoms with Gasteiger partial charge in [0.2, 0.25) is 0 Å². The predicted octanol–water partition coefficient (Wildman–Crippen LogP) is 3.39. The fourth-order valence-corrected chi connectivity index (χ4v) is 3.28. The summed E-state index contributed by atoms with van der Waals surface area (Å²) in [6.45, 7) is 10.1. The van der Waals surface area contributed by atoms with Crippen LogP contribution < -0.4 is 15.5 Å². The number of aliphatic imine (C=N–C) groups is 1. The highest BCUT2D eigenvalue weighted by Gasteiger charge is 2.21. The molecule has 0 amide bonds. The molecule has 1 fully saturated rings. The van der Waals surface area contributed by atoms with Gasteiger partial charge in [-0.25, -0.2) is 4.98 Å². The third-order valence-electron chi connectivity index (χ3n) is 4.91. The molecule has 0 unspecified atom stereocenters. The lowest BCUT2D eigenvalue weighted by Crippen LogP contribution is -2.49. The van der Waals surface area contributed by atoms with Crippen LogP contribution in [0.1, 0.15) is 38.0 Å². The number of aromatic nitrogens is 1. The molecule has 0 atom stereocenters. The molecule has 0 aromatic carbocycles. The van der Waals surface area contributed by atoms with Gasteiger partial charge in [0.25, 0.3) is 0 Å². The van der Waals surface area contributed by atoms with Crippen LogP contribution in [0.25, 0.3) is 0 Å². The fourth-order valence-electron chi connectivity index (χ4n) is 3.28. The number of nitrogens with one attached hydrogen (secondary N) is 2. The van der Waals surface area contributed by atoms with Crippen molar-refractivity contribution in [1.82, 2.24) is 15.6 Å². The average molecular weight is 384 g/mol. The van der Waals surface area contributed by atoms with E-state index in [4.69, 9.17) is 9.41 Å². The molecule has 0 radical (unpaired) electrons. The van der Waals surface area contributed by atoms with E-state index in [9.17, 15) is 0 Å². The number of guanidine groups is 1. The highest BCUT2D eigenvalue weighted by Crippen LogP contribution is 2.18. The summed E-state index contributed by atoms with van der Waals surface area (Å²) in [5.74, 6) is 3.52. The van der Waals surface area contributed by atoms with Gasteiger partial charge in [-0.05, 0) is 49.4 Å². The van der Waals surface area contributed by atoms with Crippen molar-refractivity contribution in [2.24, 2.45) is 10.9 Å². The number of pyridine rings is 1. The number of anilines is 1.